The van der Waals surface area contributed by atoms with Crippen LogP contribution >= 0.6 is 0 Å². The molecule has 1 aromatic rings. The lowest BCUT2D eigenvalue weighted by Gasteiger charge is -2.20. The molecule has 1 unspecified atom stereocenters. The minimum absolute atomic E-state index is 0.0787. The summed E-state index contributed by atoms with van der Waals surface area (Å²) in [4.78, 5) is 14.6. The molecule has 2 rings (SSSR count). The van der Waals surface area contributed by atoms with Crippen molar-refractivity contribution < 1.29 is 19.1 Å². The van der Waals surface area contributed by atoms with Gasteiger partial charge in [-0.3, -0.25) is 4.79 Å². The molecule has 1 aliphatic heterocycles. The zero-order valence-electron chi connectivity index (χ0n) is 9.02. The Kier molecular flexibility index (Phi) is 3.56. The monoisotopic (exact) mass is 225 g/mol. The number of nitrogens with zero attached hydrogens (tertiary/aromatic N) is 1. The summed E-state index contributed by atoms with van der Waals surface area (Å²) in [6.45, 7) is 1.59. The molecule has 0 bridgehead atoms. The molecule has 88 valence electrons. The van der Waals surface area contributed by atoms with Crippen molar-refractivity contribution >= 4 is 5.97 Å². The third kappa shape index (κ3) is 3.06. The van der Waals surface area contributed by atoms with Gasteiger partial charge in [0.15, 0.2) is 5.89 Å². The Morgan fingerprint density at radius 2 is 2.50 bits per heavy atom. The van der Waals surface area contributed by atoms with Gasteiger partial charge in [-0.05, 0) is 18.8 Å². The largest absolute Gasteiger partial charge is 0.481 e. The highest BCUT2D eigenvalue weighted by atomic mass is 16.5. The van der Waals surface area contributed by atoms with Crippen molar-refractivity contribution in [3.05, 3.63) is 17.8 Å². The molecule has 5 heteroatoms. The van der Waals surface area contributed by atoms with E-state index in [9.17, 15) is 4.79 Å². The van der Waals surface area contributed by atoms with Crippen LogP contribution in [0, 0.1) is 5.92 Å². The van der Waals surface area contributed by atoms with Crippen LogP contribution in [0.2, 0.25) is 0 Å². The van der Waals surface area contributed by atoms with Crippen molar-refractivity contribution in [2.24, 2.45) is 5.92 Å². The number of aliphatic carboxylic acids is 1. The van der Waals surface area contributed by atoms with Gasteiger partial charge in [0, 0.05) is 19.6 Å². The first-order valence-corrected chi connectivity index (χ1v) is 5.47. The first kappa shape index (κ1) is 11.1. The lowest BCUT2D eigenvalue weighted by molar-refractivity contribution is -0.136. The fraction of sp³-hybridized carbons (Fsp3) is 0.636. The molecule has 0 aliphatic carbocycles. The second-order valence-corrected chi connectivity index (χ2v) is 4.09. The summed E-state index contributed by atoms with van der Waals surface area (Å²) in [5.74, 6) is 0.178. The maximum atomic E-state index is 10.5. The summed E-state index contributed by atoms with van der Waals surface area (Å²) >= 11 is 0. The van der Waals surface area contributed by atoms with Crippen molar-refractivity contribution in [3.63, 3.8) is 0 Å². The molecule has 16 heavy (non-hydrogen) atoms. The third-order valence-electron chi connectivity index (χ3n) is 2.65. The van der Waals surface area contributed by atoms with Gasteiger partial charge in [0.05, 0.1) is 12.1 Å². The second-order valence-electron chi connectivity index (χ2n) is 4.09. The van der Waals surface area contributed by atoms with Crippen molar-refractivity contribution in [2.75, 3.05) is 13.2 Å². The van der Waals surface area contributed by atoms with Gasteiger partial charge in [-0.15, -0.1) is 0 Å². The second kappa shape index (κ2) is 5.12. The van der Waals surface area contributed by atoms with Crippen LogP contribution in [0.3, 0.4) is 0 Å². The number of oxazole rings is 1. The van der Waals surface area contributed by atoms with Crippen LogP contribution in [0.15, 0.2) is 10.7 Å². The van der Waals surface area contributed by atoms with Crippen molar-refractivity contribution in [3.8, 4) is 0 Å². The van der Waals surface area contributed by atoms with E-state index in [4.69, 9.17) is 14.3 Å². The number of hydrogen-bond donors (Lipinski definition) is 1. The number of aromatic nitrogens is 1. The highest BCUT2D eigenvalue weighted by molar-refractivity contribution is 5.69. The van der Waals surface area contributed by atoms with Gasteiger partial charge in [0.1, 0.15) is 6.26 Å². The number of rotatable bonds is 4. The molecule has 0 spiro atoms. The summed E-state index contributed by atoms with van der Waals surface area (Å²) in [6.07, 6.45) is 4.28. The van der Waals surface area contributed by atoms with E-state index in [1.54, 1.807) is 0 Å². The van der Waals surface area contributed by atoms with E-state index < -0.39 is 5.97 Å². The van der Waals surface area contributed by atoms with Crippen LogP contribution in [0.25, 0.3) is 0 Å². The van der Waals surface area contributed by atoms with E-state index in [0.29, 0.717) is 17.5 Å². The number of carboxylic acids is 1. The number of ether oxygens (including phenoxy) is 1. The first-order valence-electron chi connectivity index (χ1n) is 5.47. The van der Waals surface area contributed by atoms with E-state index in [1.807, 2.05) is 0 Å². The van der Waals surface area contributed by atoms with Gasteiger partial charge in [0.2, 0.25) is 0 Å². The Hall–Kier alpha value is -1.36. The molecule has 0 saturated carbocycles. The molecule has 1 atom stereocenters. The maximum absolute atomic E-state index is 10.5. The van der Waals surface area contributed by atoms with E-state index in [2.05, 4.69) is 4.98 Å². The number of hydrogen-bond acceptors (Lipinski definition) is 4. The van der Waals surface area contributed by atoms with Crippen LogP contribution in [0.1, 0.15) is 24.4 Å². The molecule has 0 aromatic carbocycles. The van der Waals surface area contributed by atoms with Gasteiger partial charge < -0.3 is 14.3 Å². The van der Waals surface area contributed by atoms with Gasteiger partial charge >= 0.3 is 5.97 Å². The summed E-state index contributed by atoms with van der Waals surface area (Å²) in [6, 6.07) is 0. The van der Waals surface area contributed by atoms with Crippen LogP contribution in [0.4, 0.5) is 0 Å². The Bertz CT molecular complexity index is 355. The summed E-state index contributed by atoms with van der Waals surface area (Å²) < 4.78 is 10.6. The molecule has 5 nitrogen and oxygen atoms in total. The standard InChI is InChI=1S/C11H15NO4/c13-11(14)5-9-7-16-10(12-9)4-8-2-1-3-15-6-8/h7-8H,1-6H2,(H,13,14). The number of carboxylic acid groups (broad SMARTS) is 1. The highest BCUT2D eigenvalue weighted by Crippen LogP contribution is 2.18. The third-order valence-corrected chi connectivity index (χ3v) is 2.65. The Morgan fingerprint density at radius 3 is 3.19 bits per heavy atom. The predicted molar refractivity (Wildman–Crippen MR) is 55.1 cm³/mol. The van der Waals surface area contributed by atoms with Crippen molar-refractivity contribution in [1.82, 2.24) is 4.98 Å². The minimum Gasteiger partial charge on any atom is -0.481 e. The lowest BCUT2D eigenvalue weighted by Crippen LogP contribution is -2.19. The highest BCUT2D eigenvalue weighted by Gasteiger charge is 2.17. The fourth-order valence-corrected chi connectivity index (χ4v) is 1.89. The van der Waals surface area contributed by atoms with Crippen LogP contribution in [0.5, 0.6) is 0 Å². The summed E-state index contributed by atoms with van der Waals surface area (Å²) in [5.41, 5.74) is 0.485. The van der Waals surface area contributed by atoms with E-state index in [-0.39, 0.29) is 6.42 Å². The van der Waals surface area contributed by atoms with Crippen LogP contribution in [-0.4, -0.2) is 29.3 Å². The Labute approximate surface area is 93.4 Å². The molecule has 0 radical (unpaired) electrons. The van der Waals surface area contributed by atoms with Crippen LogP contribution < -0.4 is 0 Å². The normalized spacial score (nSPS) is 20.9. The van der Waals surface area contributed by atoms with Crippen molar-refractivity contribution in [1.29, 1.82) is 0 Å². The average Bonchev–Trinajstić information content (AvgIpc) is 2.66. The quantitative estimate of drug-likeness (QED) is 0.835. The maximum Gasteiger partial charge on any atom is 0.309 e. The SMILES string of the molecule is O=C(O)Cc1coc(CC2CCCOC2)n1. The molecule has 1 saturated heterocycles. The van der Waals surface area contributed by atoms with Crippen LogP contribution in [-0.2, 0) is 22.4 Å². The molecular formula is C11H15NO4. The summed E-state index contributed by atoms with van der Waals surface area (Å²) in [7, 11) is 0. The molecule has 1 N–H and O–H groups in total. The minimum atomic E-state index is -0.888. The molecule has 2 heterocycles. The fourth-order valence-electron chi connectivity index (χ4n) is 1.89. The lowest BCUT2D eigenvalue weighted by atomic mass is 9.99. The molecule has 0 amide bonds. The Balaban J connectivity index is 1.88. The van der Waals surface area contributed by atoms with E-state index in [1.165, 1.54) is 6.26 Å². The number of carbonyl (C=O) groups is 1. The molecular weight excluding hydrogens is 210 g/mol. The smallest absolute Gasteiger partial charge is 0.309 e. The zero-order valence-corrected chi connectivity index (χ0v) is 9.02. The van der Waals surface area contributed by atoms with E-state index >= 15 is 0 Å². The topological polar surface area (TPSA) is 72.6 Å². The van der Waals surface area contributed by atoms with E-state index in [0.717, 1.165) is 32.5 Å². The average molecular weight is 225 g/mol. The molecule has 1 aliphatic rings. The van der Waals surface area contributed by atoms with Gasteiger partial charge in [-0.25, -0.2) is 4.98 Å². The predicted octanol–water partition coefficient (Wildman–Crippen LogP) is 1.27. The zero-order chi connectivity index (χ0) is 11.4. The Morgan fingerprint density at radius 1 is 1.62 bits per heavy atom. The first-order chi connectivity index (χ1) is 7.74. The summed E-state index contributed by atoms with van der Waals surface area (Å²) in [5, 5.41) is 8.60. The van der Waals surface area contributed by atoms with Crippen molar-refractivity contribution in [2.45, 2.75) is 25.7 Å². The molecule has 1 aromatic heterocycles. The van der Waals surface area contributed by atoms with Gasteiger partial charge in [0.25, 0.3) is 0 Å². The van der Waals surface area contributed by atoms with Gasteiger partial charge in [-0.2, -0.15) is 0 Å². The van der Waals surface area contributed by atoms with Gasteiger partial charge in [-0.1, -0.05) is 0 Å². The molecule has 1 fully saturated rings.